The minimum absolute atomic E-state index is 0.518. The van der Waals surface area contributed by atoms with Crippen molar-refractivity contribution in [1.29, 1.82) is 5.26 Å². The zero-order valence-electron chi connectivity index (χ0n) is 13.2. The lowest BCUT2D eigenvalue weighted by Gasteiger charge is -2.06. The summed E-state index contributed by atoms with van der Waals surface area (Å²) in [5.41, 5.74) is 5.37. The molecule has 2 aromatic heterocycles. The minimum Gasteiger partial charge on any atom is -0.489 e. The summed E-state index contributed by atoms with van der Waals surface area (Å²) in [5, 5.41) is 9.03. The van der Waals surface area contributed by atoms with Crippen LogP contribution >= 0.6 is 0 Å². The highest BCUT2D eigenvalue weighted by molar-refractivity contribution is 5.67. The first-order chi connectivity index (χ1) is 11.1. The molecule has 23 heavy (non-hydrogen) atoms. The van der Waals surface area contributed by atoms with E-state index in [0.29, 0.717) is 12.2 Å². The van der Waals surface area contributed by atoms with Gasteiger partial charge in [0.25, 0.3) is 0 Å². The molecule has 0 amide bonds. The molecule has 0 saturated heterocycles. The maximum absolute atomic E-state index is 9.03. The summed E-state index contributed by atoms with van der Waals surface area (Å²) in [6.07, 6.45) is 1.81. The molecular weight excluding hydrogens is 286 g/mol. The topological polar surface area (TPSA) is 50.3 Å². The van der Waals surface area contributed by atoms with Crippen molar-refractivity contribution >= 4 is 5.65 Å². The number of hydrogen-bond donors (Lipinski definition) is 0. The Morgan fingerprint density at radius 2 is 2.00 bits per heavy atom. The lowest BCUT2D eigenvalue weighted by molar-refractivity contribution is 0.353. The average molecular weight is 303 g/mol. The Labute approximate surface area is 135 Å². The maximum atomic E-state index is 9.03. The number of aromatic nitrogens is 2. The van der Waals surface area contributed by atoms with Crippen LogP contribution in [0.25, 0.3) is 16.9 Å². The van der Waals surface area contributed by atoms with Gasteiger partial charge in [-0.3, -0.25) is 0 Å². The number of aryl methyl sites for hydroxylation is 1. The second-order valence-corrected chi connectivity index (χ2v) is 5.57. The van der Waals surface area contributed by atoms with E-state index in [0.717, 1.165) is 33.9 Å². The number of benzene rings is 1. The zero-order chi connectivity index (χ0) is 16.4. The van der Waals surface area contributed by atoms with Crippen molar-refractivity contribution in [2.24, 2.45) is 0 Å². The van der Waals surface area contributed by atoms with Gasteiger partial charge < -0.3 is 9.14 Å². The SMILES string of the molecule is C=C(C)COc1ccc(-c2nc3ccc(C#N)cn3c2C)cc1. The molecule has 0 N–H and O–H groups in total. The Morgan fingerprint density at radius 1 is 1.26 bits per heavy atom. The second-order valence-electron chi connectivity index (χ2n) is 5.57. The summed E-state index contributed by atoms with van der Waals surface area (Å²) in [6, 6.07) is 13.6. The first-order valence-corrected chi connectivity index (χ1v) is 7.35. The van der Waals surface area contributed by atoms with Crippen LogP contribution in [0.3, 0.4) is 0 Å². The molecular formula is C19H17N3O. The Kier molecular flexibility index (Phi) is 3.86. The van der Waals surface area contributed by atoms with E-state index in [-0.39, 0.29) is 0 Å². The fourth-order valence-corrected chi connectivity index (χ4v) is 2.42. The van der Waals surface area contributed by atoms with E-state index in [2.05, 4.69) is 17.6 Å². The van der Waals surface area contributed by atoms with Gasteiger partial charge in [0.2, 0.25) is 0 Å². The fourth-order valence-electron chi connectivity index (χ4n) is 2.42. The van der Waals surface area contributed by atoms with E-state index in [9.17, 15) is 0 Å². The highest BCUT2D eigenvalue weighted by atomic mass is 16.5. The number of rotatable bonds is 4. The molecule has 0 aliphatic carbocycles. The number of nitriles is 1. The monoisotopic (exact) mass is 303 g/mol. The smallest absolute Gasteiger partial charge is 0.137 e. The van der Waals surface area contributed by atoms with E-state index in [1.54, 1.807) is 6.07 Å². The van der Waals surface area contributed by atoms with Gasteiger partial charge in [0.15, 0.2) is 0 Å². The molecule has 3 rings (SSSR count). The summed E-state index contributed by atoms with van der Waals surface area (Å²) < 4.78 is 7.56. The van der Waals surface area contributed by atoms with Crippen molar-refractivity contribution in [3.8, 4) is 23.1 Å². The van der Waals surface area contributed by atoms with Crippen molar-refractivity contribution in [3.63, 3.8) is 0 Å². The summed E-state index contributed by atoms with van der Waals surface area (Å²) in [5.74, 6) is 0.810. The van der Waals surface area contributed by atoms with Gasteiger partial charge in [0, 0.05) is 17.5 Å². The summed E-state index contributed by atoms with van der Waals surface area (Å²) >= 11 is 0. The number of pyridine rings is 1. The van der Waals surface area contributed by atoms with Gasteiger partial charge in [-0.15, -0.1) is 0 Å². The Bertz CT molecular complexity index is 914. The van der Waals surface area contributed by atoms with Crippen LogP contribution in [0.1, 0.15) is 18.2 Å². The van der Waals surface area contributed by atoms with Gasteiger partial charge in [0.1, 0.15) is 24.1 Å². The largest absolute Gasteiger partial charge is 0.489 e. The molecule has 0 atom stereocenters. The van der Waals surface area contributed by atoms with Crippen LogP contribution in [0.4, 0.5) is 0 Å². The predicted octanol–water partition coefficient (Wildman–Crippen LogP) is 4.14. The summed E-state index contributed by atoms with van der Waals surface area (Å²) in [6.45, 7) is 8.28. The number of imidazole rings is 1. The molecule has 0 spiro atoms. The molecule has 1 aromatic carbocycles. The third-order valence-corrected chi connectivity index (χ3v) is 3.60. The van der Waals surface area contributed by atoms with Gasteiger partial charge in [-0.05, 0) is 55.8 Å². The van der Waals surface area contributed by atoms with Crippen molar-refractivity contribution < 1.29 is 4.74 Å². The van der Waals surface area contributed by atoms with Crippen LogP contribution < -0.4 is 4.74 Å². The van der Waals surface area contributed by atoms with Crippen LogP contribution in [0.15, 0.2) is 54.7 Å². The second kappa shape index (κ2) is 5.98. The lowest BCUT2D eigenvalue weighted by atomic mass is 10.1. The highest BCUT2D eigenvalue weighted by Crippen LogP contribution is 2.26. The standard InChI is InChI=1S/C19H17N3O/c1-13(2)12-23-17-7-5-16(6-8-17)19-14(3)22-11-15(10-20)4-9-18(22)21-19/h4-9,11H,1,12H2,2-3H3. The van der Waals surface area contributed by atoms with Crippen molar-refractivity contribution in [3.05, 3.63) is 66.0 Å². The normalized spacial score (nSPS) is 10.5. The first-order valence-electron chi connectivity index (χ1n) is 7.35. The Morgan fingerprint density at radius 3 is 2.65 bits per heavy atom. The molecule has 0 aliphatic rings. The predicted molar refractivity (Wildman–Crippen MR) is 90.4 cm³/mol. The van der Waals surface area contributed by atoms with Crippen molar-refractivity contribution in [2.45, 2.75) is 13.8 Å². The first kappa shape index (κ1) is 14.9. The molecule has 0 fully saturated rings. The van der Waals surface area contributed by atoms with E-state index >= 15 is 0 Å². The van der Waals surface area contributed by atoms with E-state index in [1.807, 2.05) is 54.8 Å². The van der Waals surface area contributed by atoms with Gasteiger partial charge in [0.05, 0.1) is 11.3 Å². The van der Waals surface area contributed by atoms with Crippen LogP contribution in [0, 0.1) is 18.3 Å². The summed E-state index contributed by atoms with van der Waals surface area (Å²) in [4.78, 5) is 4.66. The van der Waals surface area contributed by atoms with E-state index in [4.69, 9.17) is 10.00 Å². The molecule has 3 aromatic rings. The molecule has 114 valence electrons. The maximum Gasteiger partial charge on any atom is 0.137 e. The molecule has 0 aliphatic heterocycles. The highest BCUT2D eigenvalue weighted by Gasteiger charge is 2.11. The molecule has 0 bridgehead atoms. The van der Waals surface area contributed by atoms with Gasteiger partial charge in [-0.1, -0.05) is 6.58 Å². The Balaban J connectivity index is 1.95. The fraction of sp³-hybridized carbons (Fsp3) is 0.158. The minimum atomic E-state index is 0.518. The molecule has 4 nitrogen and oxygen atoms in total. The van der Waals surface area contributed by atoms with Crippen LogP contribution in [0.2, 0.25) is 0 Å². The van der Waals surface area contributed by atoms with E-state index < -0.39 is 0 Å². The Hall–Kier alpha value is -3.06. The third-order valence-electron chi connectivity index (χ3n) is 3.60. The third kappa shape index (κ3) is 2.95. The van der Waals surface area contributed by atoms with Crippen molar-refractivity contribution in [1.82, 2.24) is 9.38 Å². The van der Waals surface area contributed by atoms with Gasteiger partial charge in [-0.25, -0.2) is 4.98 Å². The molecule has 0 radical (unpaired) electrons. The number of nitrogens with zero attached hydrogens (tertiary/aromatic N) is 3. The molecule has 4 heteroatoms. The van der Waals surface area contributed by atoms with Crippen LogP contribution in [-0.2, 0) is 0 Å². The average Bonchev–Trinajstić information content (AvgIpc) is 2.90. The molecule has 2 heterocycles. The van der Waals surface area contributed by atoms with Gasteiger partial charge >= 0.3 is 0 Å². The quantitative estimate of drug-likeness (QED) is 0.681. The van der Waals surface area contributed by atoms with Gasteiger partial charge in [-0.2, -0.15) is 5.26 Å². The molecule has 0 unspecified atom stereocenters. The number of fused-ring (bicyclic) bond motifs is 1. The lowest BCUT2D eigenvalue weighted by Crippen LogP contribution is -1.97. The van der Waals surface area contributed by atoms with E-state index in [1.165, 1.54) is 0 Å². The van der Waals surface area contributed by atoms with Crippen molar-refractivity contribution in [2.75, 3.05) is 6.61 Å². The van der Waals surface area contributed by atoms with Crippen LogP contribution in [-0.4, -0.2) is 16.0 Å². The zero-order valence-corrected chi connectivity index (χ0v) is 13.2. The molecule has 0 saturated carbocycles. The van der Waals surface area contributed by atoms with Crippen LogP contribution in [0.5, 0.6) is 5.75 Å². The number of hydrogen-bond acceptors (Lipinski definition) is 3. The summed E-state index contributed by atoms with van der Waals surface area (Å²) in [7, 11) is 0. The number of ether oxygens (including phenoxy) is 1.